The Kier molecular flexibility index (Phi) is 5.93. The van der Waals surface area contributed by atoms with E-state index in [1.54, 1.807) is 9.58 Å². The lowest BCUT2D eigenvalue weighted by molar-refractivity contribution is -0.138. The highest BCUT2D eigenvalue weighted by molar-refractivity contribution is 5.80. The molecular formula is C15H25N3O3. The summed E-state index contributed by atoms with van der Waals surface area (Å²) in [5.74, 6) is -0.617. The van der Waals surface area contributed by atoms with E-state index in [1.165, 1.54) is 0 Å². The molecule has 0 spiro atoms. The first-order valence-corrected chi connectivity index (χ1v) is 7.21. The van der Waals surface area contributed by atoms with E-state index in [9.17, 15) is 9.59 Å². The molecule has 0 aromatic carbocycles. The Labute approximate surface area is 125 Å². The molecule has 0 radical (unpaired) electrons. The van der Waals surface area contributed by atoms with Crippen LogP contribution in [0.15, 0.2) is 0 Å². The third-order valence-corrected chi connectivity index (χ3v) is 3.52. The first-order valence-electron chi connectivity index (χ1n) is 7.21. The first kappa shape index (κ1) is 17.2. The molecule has 0 unspecified atom stereocenters. The van der Waals surface area contributed by atoms with Gasteiger partial charge in [-0.2, -0.15) is 5.10 Å². The summed E-state index contributed by atoms with van der Waals surface area (Å²) in [6.07, 6.45) is 0.251. The molecule has 0 fully saturated rings. The molecule has 1 rings (SSSR count). The minimum absolute atomic E-state index is 0.0243. The van der Waals surface area contributed by atoms with Crippen LogP contribution in [0.1, 0.15) is 37.2 Å². The van der Waals surface area contributed by atoms with Crippen molar-refractivity contribution < 1.29 is 14.7 Å². The largest absolute Gasteiger partial charge is 0.481 e. The maximum atomic E-state index is 12.5. The van der Waals surface area contributed by atoms with Gasteiger partial charge in [0.1, 0.15) is 0 Å². The number of aliphatic carboxylic acids is 1. The van der Waals surface area contributed by atoms with E-state index in [1.807, 2.05) is 34.7 Å². The second-order valence-corrected chi connectivity index (χ2v) is 5.83. The van der Waals surface area contributed by atoms with Gasteiger partial charge in [0.15, 0.2) is 0 Å². The lowest BCUT2D eigenvalue weighted by Crippen LogP contribution is -2.37. The lowest BCUT2D eigenvalue weighted by Gasteiger charge is -2.24. The number of rotatable bonds is 7. The van der Waals surface area contributed by atoms with Gasteiger partial charge in [0.2, 0.25) is 5.91 Å². The molecule has 0 saturated carbocycles. The highest BCUT2D eigenvalue weighted by Gasteiger charge is 2.20. The maximum absolute atomic E-state index is 12.5. The molecule has 1 amide bonds. The molecule has 0 bridgehead atoms. The molecule has 0 atom stereocenters. The predicted molar refractivity (Wildman–Crippen MR) is 80.1 cm³/mol. The summed E-state index contributed by atoms with van der Waals surface area (Å²) >= 11 is 0. The Bertz CT molecular complexity index is 520. The van der Waals surface area contributed by atoms with Crippen molar-refractivity contribution in [2.75, 3.05) is 13.1 Å². The van der Waals surface area contributed by atoms with Gasteiger partial charge in [0, 0.05) is 31.4 Å². The fraction of sp³-hybridized carbons (Fsp3) is 0.667. The Morgan fingerprint density at radius 2 is 1.95 bits per heavy atom. The third kappa shape index (κ3) is 4.88. The van der Waals surface area contributed by atoms with E-state index in [4.69, 9.17) is 5.11 Å². The van der Waals surface area contributed by atoms with Crippen LogP contribution in [0.2, 0.25) is 0 Å². The van der Waals surface area contributed by atoms with Gasteiger partial charge in [-0.3, -0.25) is 14.3 Å². The van der Waals surface area contributed by atoms with Gasteiger partial charge in [-0.05, 0) is 19.8 Å². The molecule has 1 heterocycles. The Balaban J connectivity index is 2.82. The van der Waals surface area contributed by atoms with Crippen molar-refractivity contribution in [2.24, 2.45) is 13.0 Å². The van der Waals surface area contributed by atoms with Crippen molar-refractivity contribution >= 4 is 11.9 Å². The molecule has 6 heteroatoms. The van der Waals surface area contributed by atoms with Crippen molar-refractivity contribution in [1.82, 2.24) is 14.7 Å². The van der Waals surface area contributed by atoms with Gasteiger partial charge in [-0.1, -0.05) is 13.8 Å². The maximum Gasteiger partial charge on any atom is 0.305 e. The summed E-state index contributed by atoms with van der Waals surface area (Å²) < 4.78 is 1.77. The minimum atomic E-state index is -0.884. The van der Waals surface area contributed by atoms with Crippen LogP contribution in [0, 0.1) is 19.8 Å². The van der Waals surface area contributed by atoms with Crippen molar-refractivity contribution in [1.29, 1.82) is 0 Å². The zero-order chi connectivity index (χ0) is 16.2. The monoisotopic (exact) mass is 295 g/mol. The number of aromatic nitrogens is 2. The Hall–Kier alpha value is -1.85. The van der Waals surface area contributed by atoms with Crippen LogP contribution in [-0.4, -0.2) is 44.8 Å². The van der Waals surface area contributed by atoms with E-state index in [0.29, 0.717) is 12.5 Å². The van der Waals surface area contributed by atoms with Gasteiger partial charge < -0.3 is 10.0 Å². The average molecular weight is 295 g/mol. The van der Waals surface area contributed by atoms with E-state index in [0.717, 1.165) is 17.0 Å². The van der Waals surface area contributed by atoms with Crippen molar-refractivity contribution in [3.63, 3.8) is 0 Å². The number of aryl methyl sites for hydroxylation is 2. The molecule has 1 aromatic rings. The van der Waals surface area contributed by atoms with Crippen LogP contribution < -0.4 is 0 Å². The van der Waals surface area contributed by atoms with Gasteiger partial charge in [-0.25, -0.2) is 0 Å². The number of carbonyl (C=O) groups excluding carboxylic acids is 1. The number of hydrogen-bond acceptors (Lipinski definition) is 3. The number of carboxylic acid groups (broad SMARTS) is 1. The fourth-order valence-corrected chi connectivity index (χ4v) is 2.33. The summed E-state index contributed by atoms with van der Waals surface area (Å²) in [6.45, 7) is 8.69. The standard InChI is InChI=1S/C15H25N3O3/c1-10(2)9-18(7-6-15(20)21)14(19)8-13-11(3)16-17(5)12(13)4/h10H,6-9H2,1-5H3,(H,20,21). The summed E-state index contributed by atoms with van der Waals surface area (Å²) in [5.41, 5.74) is 2.77. The fourth-order valence-electron chi connectivity index (χ4n) is 2.33. The molecule has 0 aliphatic heterocycles. The third-order valence-electron chi connectivity index (χ3n) is 3.52. The van der Waals surface area contributed by atoms with Crippen molar-refractivity contribution in [3.8, 4) is 0 Å². The lowest BCUT2D eigenvalue weighted by atomic mass is 10.1. The predicted octanol–water partition coefficient (Wildman–Crippen LogP) is 1.54. The molecule has 0 aliphatic carbocycles. The van der Waals surface area contributed by atoms with Crippen molar-refractivity contribution in [2.45, 2.75) is 40.5 Å². The second-order valence-electron chi connectivity index (χ2n) is 5.83. The molecular weight excluding hydrogens is 270 g/mol. The van der Waals surface area contributed by atoms with E-state index in [2.05, 4.69) is 5.10 Å². The Morgan fingerprint density at radius 1 is 1.33 bits per heavy atom. The second kappa shape index (κ2) is 7.24. The average Bonchev–Trinajstić information content (AvgIpc) is 2.60. The molecule has 1 N–H and O–H groups in total. The quantitative estimate of drug-likeness (QED) is 0.828. The van der Waals surface area contributed by atoms with Gasteiger partial charge in [0.25, 0.3) is 0 Å². The summed E-state index contributed by atoms with van der Waals surface area (Å²) in [4.78, 5) is 24.8. The molecule has 118 valence electrons. The molecule has 6 nitrogen and oxygen atoms in total. The highest BCUT2D eigenvalue weighted by atomic mass is 16.4. The molecule has 21 heavy (non-hydrogen) atoms. The SMILES string of the molecule is Cc1nn(C)c(C)c1CC(=O)N(CCC(=O)O)CC(C)C. The van der Waals surface area contributed by atoms with Gasteiger partial charge in [-0.15, -0.1) is 0 Å². The molecule has 0 aliphatic rings. The number of hydrogen-bond donors (Lipinski definition) is 1. The van der Waals surface area contributed by atoms with Crippen LogP contribution in [0.25, 0.3) is 0 Å². The van der Waals surface area contributed by atoms with Gasteiger partial charge >= 0.3 is 5.97 Å². The number of nitrogens with zero attached hydrogens (tertiary/aromatic N) is 3. The molecule has 0 saturated heterocycles. The van der Waals surface area contributed by atoms with Crippen LogP contribution in [-0.2, 0) is 23.1 Å². The van der Waals surface area contributed by atoms with Crippen LogP contribution >= 0.6 is 0 Å². The zero-order valence-electron chi connectivity index (χ0n) is 13.5. The summed E-state index contributed by atoms with van der Waals surface area (Å²) in [7, 11) is 1.85. The highest BCUT2D eigenvalue weighted by Crippen LogP contribution is 2.14. The Morgan fingerprint density at radius 3 is 2.38 bits per heavy atom. The van der Waals surface area contributed by atoms with Crippen molar-refractivity contribution in [3.05, 3.63) is 17.0 Å². The van der Waals surface area contributed by atoms with E-state index >= 15 is 0 Å². The first-order chi connectivity index (χ1) is 9.72. The zero-order valence-corrected chi connectivity index (χ0v) is 13.5. The van der Waals surface area contributed by atoms with Crippen LogP contribution in [0.5, 0.6) is 0 Å². The number of carbonyl (C=O) groups is 2. The van der Waals surface area contributed by atoms with Crippen LogP contribution in [0.3, 0.4) is 0 Å². The smallest absolute Gasteiger partial charge is 0.305 e. The normalized spacial score (nSPS) is 11.0. The minimum Gasteiger partial charge on any atom is -0.481 e. The molecule has 1 aromatic heterocycles. The number of carboxylic acids is 1. The topological polar surface area (TPSA) is 75.4 Å². The van der Waals surface area contributed by atoms with E-state index < -0.39 is 5.97 Å². The summed E-state index contributed by atoms with van der Waals surface area (Å²) in [5, 5.41) is 13.1. The van der Waals surface area contributed by atoms with Gasteiger partial charge in [0.05, 0.1) is 18.5 Å². The summed E-state index contributed by atoms with van der Waals surface area (Å²) in [6, 6.07) is 0. The number of amides is 1. The van der Waals surface area contributed by atoms with Crippen LogP contribution in [0.4, 0.5) is 0 Å². The van der Waals surface area contributed by atoms with E-state index in [-0.39, 0.29) is 25.3 Å².